The lowest BCUT2D eigenvalue weighted by atomic mass is 9.87. The molecule has 0 aliphatic rings. The van der Waals surface area contributed by atoms with Crippen LogP contribution in [0.4, 0.5) is 5.13 Å². The maximum atomic E-state index is 10.3. The molecular weight excluding hydrogens is 352 g/mol. The zero-order chi connectivity index (χ0) is 20.0. The number of benzene rings is 2. The van der Waals surface area contributed by atoms with Gasteiger partial charge in [0.05, 0.1) is 5.69 Å². The van der Waals surface area contributed by atoms with Gasteiger partial charge in [0.25, 0.3) is 0 Å². The van der Waals surface area contributed by atoms with E-state index in [4.69, 9.17) is 0 Å². The first kappa shape index (κ1) is 20.8. The van der Waals surface area contributed by atoms with Gasteiger partial charge < -0.3 is 5.32 Å². The highest BCUT2D eigenvalue weighted by Gasteiger charge is 2.12. The van der Waals surface area contributed by atoms with Crippen molar-refractivity contribution in [2.75, 3.05) is 5.32 Å². The van der Waals surface area contributed by atoms with E-state index in [2.05, 4.69) is 81.3 Å². The Labute approximate surface area is 166 Å². The van der Waals surface area contributed by atoms with Crippen LogP contribution in [0.5, 0.6) is 0 Å². The SMILES string of the molecule is Cc1ccc(-c2nc(NC=O)sc2C)cc1.Cc1ccc(C(C)(C)C)cc1. The van der Waals surface area contributed by atoms with Crippen LogP contribution < -0.4 is 5.32 Å². The van der Waals surface area contributed by atoms with Crippen LogP contribution in [-0.2, 0) is 10.2 Å². The molecule has 0 bridgehead atoms. The fourth-order valence-electron chi connectivity index (χ4n) is 2.54. The third-order valence-electron chi connectivity index (χ3n) is 4.22. The molecule has 0 saturated carbocycles. The van der Waals surface area contributed by atoms with Crippen molar-refractivity contribution >= 4 is 22.9 Å². The van der Waals surface area contributed by atoms with Gasteiger partial charge in [0.1, 0.15) is 0 Å². The summed E-state index contributed by atoms with van der Waals surface area (Å²) in [5.74, 6) is 0. The largest absolute Gasteiger partial charge is 0.305 e. The van der Waals surface area contributed by atoms with Crippen LogP contribution >= 0.6 is 11.3 Å². The zero-order valence-corrected chi connectivity index (χ0v) is 17.8. The first-order valence-electron chi connectivity index (χ1n) is 9.02. The summed E-state index contributed by atoms with van der Waals surface area (Å²) in [4.78, 5) is 15.8. The number of nitrogens with zero attached hydrogens (tertiary/aromatic N) is 1. The Balaban J connectivity index is 0.000000208. The summed E-state index contributed by atoms with van der Waals surface area (Å²) in [6.07, 6.45) is 0.650. The van der Waals surface area contributed by atoms with Gasteiger partial charge in [0.2, 0.25) is 6.41 Å². The minimum absolute atomic E-state index is 0.285. The number of hydrogen-bond acceptors (Lipinski definition) is 3. The molecule has 4 heteroatoms. The average molecular weight is 381 g/mol. The second-order valence-electron chi connectivity index (χ2n) is 7.67. The number of anilines is 1. The highest BCUT2D eigenvalue weighted by molar-refractivity contribution is 7.16. The quantitative estimate of drug-likeness (QED) is 0.543. The van der Waals surface area contributed by atoms with Gasteiger partial charge in [-0.15, -0.1) is 11.3 Å². The Morgan fingerprint density at radius 1 is 0.889 bits per heavy atom. The Hall–Kier alpha value is -2.46. The van der Waals surface area contributed by atoms with E-state index in [0.717, 1.165) is 16.1 Å². The molecule has 0 aliphatic heterocycles. The maximum Gasteiger partial charge on any atom is 0.213 e. The van der Waals surface area contributed by atoms with Gasteiger partial charge in [0.15, 0.2) is 5.13 Å². The molecule has 3 aromatic rings. The van der Waals surface area contributed by atoms with E-state index in [0.29, 0.717) is 11.5 Å². The summed E-state index contributed by atoms with van der Waals surface area (Å²) in [6, 6.07) is 16.9. The van der Waals surface area contributed by atoms with Gasteiger partial charge in [-0.05, 0) is 31.7 Å². The van der Waals surface area contributed by atoms with E-state index >= 15 is 0 Å². The molecule has 3 nitrogen and oxygen atoms in total. The Morgan fingerprint density at radius 3 is 1.89 bits per heavy atom. The summed E-state index contributed by atoms with van der Waals surface area (Å²) < 4.78 is 0. The summed E-state index contributed by atoms with van der Waals surface area (Å²) in [5, 5.41) is 3.22. The predicted octanol–water partition coefficient (Wildman–Crippen LogP) is 6.29. The molecule has 1 aromatic heterocycles. The highest BCUT2D eigenvalue weighted by atomic mass is 32.1. The minimum atomic E-state index is 0.285. The number of carbonyl (C=O) groups excluding carboxylic acids is 1. The topological polar surface area (TPSA) is 42.0 Å². The van der Waals surface area contributed by atoms with Crippen molar-refractivity contribution in [3.05, 3.63) is 70.1 Å². The molecule has 0 aliphatic carbocycles. The maximum absolute atomic E-state index is 10.3. The molecule has 1 amide bonds. The van der Waals surface area contributed by atoms with E-state index in [1.165, 1.54) is 28.0 Å². The first-order chi connectivity index (χ1) is 12.7. The van der Waals surface area contributed by atoms with Crippen LogP contribution in [0.1, 0.15) is 42.3 Å². The lowest BCUT2D eigenvalue weighted by Crippen LogP contribution is -2.10. The number of thiazole rings is 1. The van der Waals surface area contributed by atoms with Crippen LogP contribution in [0.2, 0.25) is 0 Å². The van der Waals surface area contributed by atoms with Crippen LogP contribution in [0.3, 0.4) is 0 Å². The monoisotopic (exact) mass is 380 g/mol. The summed E-state index contributed by atoms with van der Waals surface area (Å²) in [7, 11) is 0. The van der Waals surface area contributed by atoms with Crippen LogP contribution in [0.25, 0.3) is 11.3 Å². The van der Waals surface area contributed by atoms with Crippen molar-refractivity contribution in [3.8, 4) is 11.3 Å². The van der Waals surface area contributed by atoms with Crippen molar-refractivity contribution in [1.82, 2.24) is 4.98 Å². The average Bonchev–Trinajstić information content (AvgIpc) is 2.96. The van der Waals surface area contributed by atoms with Gasteiger partial charge in [-0.2, -0.15) is 0 Å². The Kier molecular flexibility index (Phi) is 6.92. The normalized spacial score (nSPS) is 10.7. The van der Waals surface area contributed by atoms with Crippen molar-refractivity contribution in [2.24, 2.45) is 0 Å². The number of rotatable bonds is 3. The number of amides is 1. The number of hydrogen-bond donors (Lipinski definition) is 1. The van der Waals surface area contributed by atoms with E-state index in [9.17, 15) is 4.79 Å². The van der Waals surface area contributed by atoms with Gasteiger partial charge in [0, 0.05) is 10.4 Å². The van der Waals surface area contributed by atoms with Gasteiger partial charge in [-0.25, -0.2) is 4.98 Å². The van der Waals surface area contributed by atoms with E-state index in [1.807, 2.05) is 19.1 Å². The molecular formula is C23H28N2OS. The molecule has 3 rings (SSSR count). The van der Waals surface area contributed by atoms with Crippen molar-refractivity contribution in [1.29, 1.82) is 0 Å². The Bertz CT molecular complexity index is 872. The summed E-state index contributed by atoms with van der Waals surface area (Å²) in [6.45, 7) is 12.9. The highest BCUT2D eigenvalue weighted by Crippen LogP contribution is 2.30. The number of nitrogens with one attached hydrogen (secondary N) is 1. The molecule has 1 heterocycles. The second kappa shape index (κ2) is 8.96. The van der Waals surface area contributed by atoms with Crippen molar-refractivity contribution in [2.45, 2.75) is 47.0 Å². The smallest absolute Gasteiger partial charge is 0.213 e. The molecule has 0 fully saturated rings. The second-order valence-corrected chi connectivity index (χ2v) is 8.87. The van der Waals surface area contributed by atoms with Gasteiger partial charge >= 0.3 is 0 Å². The molecule has 27 heavy (non-hydrogen) atoms. The fourth-order valence-corrected chi connectivity index (χ4v) is 3.34. The summed E-state index contributed by atoms with van der Waals surface area (Å²) >= 11 is 1.48. The van der Waals surface area contributed by atoms with Crippen molar-refractivity contribution in [3.63, 3.8) is 0 Å². The third kappa shape index (κ3) is 6.04. The Morgan fingerprint density at radius 2 is 1.41 bits per heavy atom. The van der Waals surface area contributed by atoms with E-state index in [-0.39, 0.29) is 5.41 Å². The standard InChI is InChI=1S/C12H12N2OS.C11H16/c1-8-3-5-10(6-4-8)11-9(2)16-12(14-11)13-7-15;1-9-5-7-10(8-6-9)11(2,3)4/h3-7H,1-2H3,(H,13,14,15);5-8H,1-4H3. The zero-order valence-electron chi connectivity index (χ0n) is 17.0. The van der Waals surface area contributed by atoms with Gasteiger partial charge in [-0.3, -0.25) is 4.79 Å². The van der Waals surface area contributed by atoms with Crippen LogP contribution in [0, 0.1) is 20.8 Å². The summed E-state index contributed by atoms with van der Waals surface area (Å²) in [5.41, 5.74) is 6.27. The predicted molar refractivity (Wildman–Crippen MR) is 117 cm³/mol. The van der Waals surface area contributed by atoms with Crippen LogP contribution in [0.15, 0.2) is 48.5 Å². The van der Waals surface area contributed by atoms with Crippen molar-refractivity contribution < 1.29 is 4.79 Å². The number of aryl methyl sites for hydroxylation is 3. The van der Waals surface area contributed by atoms with E-state index in [1.54, 1.807) is 0 Å². The molecule has 0 saturated heterocycles. The molecule has 0 radical (unpaired) electrons. The number of carbonyl (C=O) groups is 1. The molecule has 2 aromatic carbocycles. The first-order valence-corrected chi connectivity index (χ1v) is 9.84. The third-order valence-corrected chi connectivity index (χ3v) is 5.12. The number of aromatic nitrogens is 1. The van der Waals surface area contributed by atoms with E-state index < -0.39 is 0 Å². The molecule has 0 spiro atoms. The minimum Gasteiger partial charge on any atom is -0.305 e. The molecule has 1 N–H and O–H groups in total. The molecule has 142 valence electrons. The van der Waals surface area contributed by atoms with Crippen LogP contribution in [-0.4, -0.2) is 11.4 Å². The fraction of sp³-hybridized carbons (Fsp3) is 0.304. The van der Waals surface area contributed by atoms with Gasteiger partial charge in [-0.1, -0.05) is 80.4 Å². The molecule has 0 atom stereocenters. The molecule has 0 unspecified atom stereocenters. The lowest BCUT2D eigenvalue weighted by molar-refractivity contribution is -0.105. The lowest BCUT2D eigenvalue weighted by Gasteiger charge is -2.18.